The van der Waals surface area contributed by atoms with Gasteiger partial charge in [0, 0.05) is 17.7 Å². The molecule has 0 fully saturated rings. The van der Waals surface area contributed by atoms with Crippen LogP contribution in [0, 0.1) is 0 Å². The average Bonchev–Trinajstić information content (AvgIpc) is 2.86. The van der Waals surface area contributed by atoms with Gasteiger partial charge in [0.1, 0.15) is 11.5 Å². The third-order valence-electron chi connectivity index (χ3n) is 4.76. The van der Waals surface area contributed by atoms with E-state index in [0.717, 1.165) is 28.3 Å². The van der Waals surface area contributed by atoms with Gasteiger partial charge in [0.05, 0.1) is 13.7 Å². The fourth-order valence-electron chi connectivity index (χ4n) is 3.31. The lowest BCUT2D eigenvalue weighted by Crippen LogP contribution is -2.41. The summed E-state index contributed by atoms with van der Waals surface area (Å²) in [4.78, 5) is 15.1. The zero-order valence-electron chi connectivity index (χ0n) is 15.2. The minimum atomic E-state index is -0.571. The Hall–Kier alpha value is -3.27. The molecule has 1 atom stereocenters. The number of methoxy groups -OCH3 is 1. The monoisotopic (exact) mass is 359 g/mol. The van der Waals surface area contributed by atoms with E-state index >= 15 is 0 Å². The standard InChI is InChI=1S/C23H21NO3/c1-26-20-13-11-19(12-14-20)24-16-18-9-5-6-10-21(18)27-22(23(24)25)15-17-7-3-2-4-8-17/h2-14,22H,15-16H2,1H3. The first-order valence-electron chi connectivity index (χ1n) is 8.98. The summed E-state index contributed by atoms with van der Waals surface area (Å²) in [6.07, 6.45) is -0.0427. The van der Waals surface area contributed by atoms with Crippen LogP contribution in [-0.4, -0.2) is 19.1 Å². The van der Waals surface area contributed by atoms with Crippen LogP contribution < -0.4 is 14.4 Å². The van der Waals surface area contributed by atoms with Crippen molar-refractivity contribution >= 4 is 11.6 Å². The van der Waals surface area contributed by atoms with Crippen LogP contribution in [0.3, 0.4) is 0 Å². The molecule has 3 aromatic rings. The maximum Gasteiger partial charge on any atom is 0.268 e. The van der Waals surface area contributed by atoms with Crippen molar-refractivity contribution in [2.24, 2.45) is 0 Å². The van der Waals surface area contributed by atoms with Crippen LogP contribution in [-0.2, 0) is 17.8 Å². The second-order valence-corrected chi connectivity index (χ2v) is 6.53. The molecule has 4 rings (SSSR count). The Bertz CT molecular complexity index is 922. The number of ether oxygens (including phenoxy) is 2. The van der Waals surface area contributed by atoms with E-state index in [9.17, 15) is 4.79 Å². The quantitative estimate of drug-likeness (QED) is 0.700. The van der Waals surface area contributed by atoms with Crippen LogP contribution in [0.2, 0.25) is 0 Å². The first-order chi connectivity index (χ1) is 13.2. The van der Waals surface area contributed by atoms with Crippen LogP contribution in [0.4, 0.5) is 5.69 Å². The Morgan fingerprint density at radius 1 is 0.963 bits per heavy atom. The molecular weight excluding hydrogens is 338 g/mol. The van der Waals surface area contributed by atoms with Gasteiger partial charge in [-0.3, -0.25) is 4.79 Å². The summed E-state index contributed by atoms with van der Waals surface area (Å²) < 4.78 is 11.4. The van der Waals surface area contributed by atoms with Gasteiger partial charge >= 0.3 is 0 Å². The van der Waals surface area contributed by atoms with Crippen molar-refractivity contribution in [2.75, 3.05) is 12.0 Å². The number of rotatable bonds is 4. The van der Waals surface area contributed by atoms with Crippen LogP contribution in [0.15, 0.2) is 78.9 Å². The highest BCUT2D eigenvalue weighted by Gasteiger charge is 2.32. The molecule has 1 aliphatic rings. The number of anilines is 1. The molecule has 1 aliphatic heterocycles. The molecule has 0 aromatic heterocycles. The van der Waals surface area contributed by atoms with E-state index in [0.29, 0.717) is 13.0 Å². The predicted octanol–water partition coefficient (Wildman–Crippen LogP) is 4.23. The number of hydrogen-bond donors (Lipinski definition) is 0. The minimum absolute atomic E-state index is 0.0415. The lowest BCUT2D eigenvalue weighted by molar-refractivity contribution is -0.125. The Labute approximate surface area is 159 Å². The molecule has 0 aliphatic carbocycles. The number of para-hydroxylation sites is 1. The number of carbonyl (C=O) groups is 1. The van der Waals surface area contributed by atoms with E-state index in [1.165, 1.54) is 0 Å². The molecule has 0 radical (unpaired) electrons. The maximum absolute atomic E-state index is 13.3. The topological polar surface area (TPSA) is 38.8 Å². The maximum atomic E-state index is 13.3. The van der Waals surface area contributed by atoms with Crippen molar-refractivity contribution in [3.8, 4) is 11.5 Å². The van der Waals surface area contributed by atoms with Gasteiger partial charge in [-0.25, -0.2) is 0 Å². The van der Waals surface area contributed by atoms with E-state index in [1.54, 1.807) is 12.0 Å². The molecule has 1 heterocycles. The van der Waals surface area contributed by atoms with Crippen molar-refractivity contribution in [2.45, 2.75) is 19.1 Å². The van der Waals surface area contributed by atoms with Crippen LogP contribution in [0.1, 0.15) is 11.1 Å². The Morgan fingerprint density at radius 3 is 2.41 bits per heavy atom. The van der Waals surface area contributed by atoms with Gasteiger partial charge in [-0.15, -0.1) is 0 Å². The summed E-state index contributed by atoms with van der Waals surface area (Å²) >= 11 is 0. The molecular formula is C23H21NO3. The van der Waals surface area contributed by atoms with Gasteiger partial charge in [-0.1, -0.05) is 48.5 Å². The zero-order valence-corrected chi connectivity index (χ0v) is 15.2. The third-order valence-corrected chi connectivity index (χ3v) is 4.76. The average molecular weight is 359 g/mol. The summed E-state index contributed by atoms with van der Waals surface area (Å²) in [5.74, 6) is 1.49. The second-order valence-electron chi connectivity index (χ2n) is 6.53. The molecule has 3 aromatic carbocycles. The van der Waals surface area contributed by atoms with Gasteiger partial charge in [0.15, 0.2) is 6.10 Å². The smallest absolute Gasteiger partial charge is 0.268 e. The number of carbonyl (C=O) groups excluding carboxylic acids is 1. The summed E-state index contributed by atoms with van der Waals surface area (Å²) in [6, 6.07) is 25.4. The van der Waals surface area contributed by atoms with Gasteiger partial charge in [0.25, 0.3) is 5.91 Å². The molecule has 0 bridgehead atoms. The molecule has 0 saturated carbocycles. The van der Waals surface area contributed by atoms with Gasteiger partial charge in [-0.2, -0.15) is 0 Å². The molecule has 4 nitrogen and oxygen atoms in total. The van der Waals surface area contributed by atoms with E-state index in [4.69, 9.17) is 9.47 Å². The number of benzene rings is 3. The van der Waals surface area contributed by atoms with Crippen LogP contribution >= 0.6 is 0 Å². The second kappa shape index (κ2) is 7.54. The van der Waals surface area contributed by atoms with Gasteiger partial charge in [-0.05, 0) is 35.9 Å². The van der Waals surface area contributed by atoms with Crippen molar-refractivity contribution in [1.29, 1.82) is 0 Å². The van der Waals surface area contributed by atoms with Gasteiger partial charge in [0.2, 0.25) is 0 Å². The molecule has 4 heteroatoms. The van der Waals surface area contributed by atoms with Crippen molar-refractivity contribution < 1.29 is 14.3 Å². The lowest BCUT2D eigenvalue weighted by atomic mass is 10.1. The first-order valence-corrected chi connectivity index (χ1v) is 8.98. The van der Waals surface area contributed by atoms with Crippen molar-refractivity contribution in [3.63, 3.8) is 0 Å². The highest BCUT2D eigenvalue weighted by atomic mass is 16.5. The molecule has 1 amide bonds. The molecule has 136 valence electrons. The van der Waals surface area contributed by atoms with Crippen molar-refractivity contribution in [3.05, 3.63) is 90.0 Å². The number of hydrogen-bond acceptors (Lipinski definition) is 3. The molecule has 27 heavy (non-hydrogen) atoms. The lowest BCUT2D eigenvalue weighted by Gasteiger charge is -2.24. The molecule has 0 N–H and O–H groups in total. The third kappa shape index (κ3) is 3.65. The largest absolute Gasteiger partial charge is 0.497 e. The summed E-state index contributed by atoms with van der Waals surface area (Å²) in [5.41, 5.74) is 2.90. The van der Waals surface area contributed by atoms with E-state index in [1.807, 2.05) is 78.9 Å². The highest BCUT2D eigenvalue weighted by Crippen LogP contribution is 2.30. The Morgan fingerprint density at radius 2 is 1.67 bits per heavy atom. The fourth-order valence-corrected chi connectivity index (χ4v) is 3.31. The zero-order chi connectivity index (χ0) is 18.6. The van der Waals surface area contributed by atoms with Crippen molar-refractivity contribution in [1.82, 2.24) is 0 Å². The summed E-state index contributed by atoms with van der Waals surface area (Å²) in [7, 11) is 1.63. The van der Waals surface area contributed by atoms with E-state index < -0.39 is 6.10 Å². The van der Waals surface area contributed by atoms with E-state index in [2.05, 4.69) is 0 Å². The fraction of sp³-hybridized carbons (Fsp3) is 0.174. The molecule has 1 unspecified atom stereocenters. The number of amides is 1. The summed E-state index contributed by atoms with van der Waals surface area (Å²) in [5, 5.41) is 0. The van der Waals surface area contributed by atoms with Crippen LogP contribution in [0.5, 0.6) is 11.5 Å². The van der Waals surface area contributed by atoms with Gasteiger partial charge < -0.3 is 14.4 Å². The number of fused-ring (bicyclic) bond motifs is 1. The number of nitrogens with zero attached hydrogens (tertiary/aromatic N) is 1. The Kier molecular flexibility index (Phi) is 4.79. The van der Waals surface area contributed by atoms with E-state index in [-0.39, 0.29) is 5.91 Å². The van der Waals surface area contributed by atoms with Crippen LogP contribution in [0.25, 0.3) is 0 Å². The predicted molar refractivity (Wildman–Crippen MR) is 105 cm³/mol. The Balaban J connectivity index is 1.70. The molecule has 0 saturated heterocycles. The molecule has 0 spiro atoms. The normalized spacial score (nSPS) is 16.3. The first kappa shape index (κ1) is 17.2. The minimum Gasteiger partial charge on any atom is -0.497 e. The SMILES string of the molecule is COc1ccc(N2Cc3ccccc3OC(Cc3ccccc3)C2=O)cc1. The summed E-state index contributed by atoms with van der Waals surface area (Å²) in [6.45, 7) is 0.479. The highest BCUT2D eigenvalue weighted by molar-refractivity contribution is 5.97.